The van der Waals surface area contributed by atoms with Gasteiger partial charge in [0.1, 0.15) is 10.7 Å². The van der Waals surface area contributed by atoms with Gasteiger partial charge in [-0.3, -0.25) is 4.79 Å². The second-order valence-corrected chi connectivity index (χ2v) is 8.32. The maximum atomic E-state index is 12.4. The van der Waals surface area contributed by atoms with E-state index in [1.165, 1.54) is 11.8 Å². The molecule has 0 saturated heterocycles. The Balaban J connectivity index is 1.68. The van der Waals surface area contributed by atoms with E-state index in [0.717, 1.165) is 33.3 Å². The van der Waals surface area contributed by atoms with Gasteiger partial charge in [0.15, 0.2) is 0 Å². The largest absolute Gasteiger partial charge is 0.309 e. The second-order valence-electron chi connectivity index (χ2n) is 5.81. The van der Waals surface area contributed by atoms with Crippen LogP contribution in [0.5, 0.6) is 0 Å². The van der Waals surface area contributed by atoms with E-state index < -0.39 is 0 Å². The van der Waals surface area contributed by atoms with Gasteiger partial charge in [0.05, 0.1) is 16.7 Å². The molecule has 0 unspecified atom stereocenters. The SMILES string of the molecule is Cc1sc2nc([C@H](C)Sc3nnnn3C3CC3)[nH]c(=O)c2c1C. The lowest BCUT2D eigenvalue weighted by molar-refractivity contribution is 0.564. The van der Waals surface area contributed by atoms with Crippen LogP contribution in [-0.4, -0.2) is 30.2 Å². The fourth-order valence-electron chi connectivity index (χ4n) is 2.49. The van der Waals surface area contributed by atoms with Crippen molar-refractivity contribution in [3.63, 3.8) is 0 Å². The summed E-state index contributed by atoms with van der Waals surface area (Å²) < 4.78 is 1.87. The molecule has 0 spiro atoms. The Morgan fingerprint density at radius 2 is 2.17 bits per heavy atom. The third-order valence-electron chi connectivity index (χ3n) is 4.08. The fraction of sp³-hybridized carbons (Fsp3) is 0.500. The highest BCUT2D eigenvalue weighted by molar-refractivity contribution is 7.99. The van der Waals surface area contributed by atoms with Crippen molar-refractivity contribution in [1.82, 2.24) is 30.2 Å². The fourth-order valence-corrected chi connectivity index (χ4v) is 4.44. The zero-order valence-corrected chi connectivity index (χ0v) is 14.7. The molecule has 23 heavy (non-hydrogen) atoms. The molecule has 4 rings (SSSR count). The summed E-state index contributed by atoms with van der Waals surface area (Å²) in [4.78, 5) is 21.9. The van der Waals surface area contributed by atoms with Gasteiger partial charge in [-0.15, -0.1) is 16.4 Å². The van der Waals surface area contributed by atoms with Crippen LogP contribution in [-0.2, 0) is 0 Å². The average molecular weight is 348 g/mol. The topological polar surface area (TPSA) is 89.3 Å². The molecule has 9 heteroatoms. The minimum Gasteiger partial charge on any atom is -0.309 e. The summed E-state index contributed by atoms with van der Waals surface area (Å²) in [6.07, 6.45) is 2.25. The standard InChI is InChI=1S/C14H16N6OS2/c1-6-7(2)22-13-10(6)12(21)15-11(16-13)8(3)23-14-17-18-19-20(14)9-4-5-9/h8-9H,4-5H2,1-3H3,(H,15,16,21)/t8-/m0/s1. The number of tetrazole rings is 1. The molecule has 0 radical (unpaired) electrons. The van der Waals surface area contributed by atoms with Crippen molar-refractivity contribution in [3.8, 4) is 0 Å². The number of nitrogens with one attached hydrogen (secondary N) is 1. The molecular formula is C14H16N6OS2. The van der Waals surface area contributed by atoms with E-state index in [9.17, 15) is 4.79 Å². The number of thioether (sulfide) groups is 1. The lowest BCUT2D eigenvalue weighted by Crippen LogP contribution is -2.12. The van der Waals surface area contributed by atoms with Crippen LogP contribution in [0.1, 0.15) is 47.3 Å². The summed E-state index contributed by atoms with van der Waals surface area (Å²) in [5.41, 5.74) is 0.948. The first-order valence-corrected chi connectivity index (χ1v) is 9.18. The van der Waals surface area contributed by atoms with Crippen LogP contribution in [0, 0.1) is 13.8 Å². The number of fused-ring (bicyclic) bond motifs is 1. The smallest absolute Gasteiger partial charge is 0.259 e. The lowest BCUT2D eigenvalue weighted by Gasteiger charge is -2.10. The molecule has 1 aliphatic rings. The van der Waals surface area contributed by atoms with E-state index in [-0.39, 0.29) is 10.8 Å². The molecule has 120 valence electrons. The van der Waals surface area contributed by atoms with Crippen LogP contribution in [0.3, 0.4) is 0 Å². The lowest BCUT2D eigenvalue weighted by atomic mass is 10.2. The minimum absolute atomic E-state index is 0.0293. The van der Waals surface area contributed by atoms with Crippen molar-refractivity contribution in [1.29, 1.82) is 0 Å². The molecule has 0 bridgehead atoms. The molecule has 1 saturated carbocycles. The van der Waals surface area contributed by atoms with Crippen LogP contribution in [0.15, 0.2) is 9.95 Å². The first-order valence-electron chi connectivity index (χ1n) is 7.49. The van der Waals surface area contributed by atoms with Gasteiger partial charge in [0, 0.05) is 4.88 Å². The molecule has 0 aromatic carbocycles. The molecule has 1 atom stereocenters. The van der Waals surface area contributed by atoms with Crippen molar-refractivity contribution >= 4 is 33.3 Å². The Hall–Kier alpha value is -1.74. The Labute approximate surface area is 140 Å². The monoisotopic (exact) mass is 348 g/mol. The number of thiophene rings is 1. The number of H-pyrrole nitrogens is 1. The van der Waals surface area contributed by atoms with Gasteiger partial charge in [-0.1, -0.05) is 11.8 Å². The number of hydrogen-bond acceptors (Lipinski definition) is 7. The van der Waals surface area contributed by atoms with Gasteiger partial charge in [-0.2, -0.15) is 0 Å². The number of aromatic amines is 1. The maximum absolute atomic E-state index is 12.4. The van der Waals surface area contributed by atoms with Gasteiger partial charge in [0.2, 0.25) is 5.16 Å². The normalized spacial score (nSPS) is 16.1. The van der Waals surface area contributed by atoms with Gasteiger partial charge >= 0.3 is 0 Å². The number of aromatic nitrogens is 6. The minimum atomic E-state index is -0.0684. The number of rotatable bonds is 4. The highest BCUT2D eigenvalue weighted by atomic mass is 32.2. The highest BCUT2D eigenvalue weighted by Crippen LogP contribution is 2.39. The van der Waals surface area contributed by atoms with Crippen molar-refractivity contribution in [2.45, 2.75) is 50.1 Å². The zero-order chi connectivity index (χ0) is 16.1. The third kappa shape index (κ3) is 2.57. The Kier molecular flexibility index (Phi) is 3.49. The molecule has 3 aromatic rings. The van der Waals surface area contributed by atoms with Crippen molar-refractivity contribution in [2.75, 3.05) is 0 Å². The first-order chi connectivity index (χ1) is 11.0. The van der Waals surface area contributed by atoms with Gasteiger partial charge in [-0.05, 0) is 49.6 Å². The van der Waals surface area contributed by atoms with Crippen LogP contribution in [0.25, 0.3) is 10.2 Å². The summed E-state index contributed by atoms with van der Waals surface area (Å²) in [5.74, 6) is 0.666. The molecule has 1 aliphatic carbocycles. The van der Waals surface area contributed by atoms with Crippen molar-refractivity contribution < 1.29 is 0 Å². The Morgan fingerprint density at radius 3 is 2.91 bits per heavy atom. The van der Waals surface area contributed by atoms with Gasteiger partial charge < -0.3 is 4.98 Å². The maximum Gasteiger partial charge on any atom is 0.259 e. The van der Waals surface area contributed by atoms with E-state index in [1.807, 2.05) is 25.5 Å². The predicted molar refractivity (Wildman–Crippen MR) is 90.1 cm³/mol. The molecule has 7 nitrogen and oxygen atoms in total. The Morgan fingerprint density at radius 1 is 1.39 bits per heavy atom. The number of nitrogens with zero attached hydrogens (tertiary/aromatic N) is 5. The molecule has 0 amide bonds. The quantitative estimate of drug-likeness (QED) is 0.729. The first kappa shape index (κ1) is 14.8. The molecule has 1 fully saturated rings. The number of aryl methyl sites for hydroxylation is 2. The van der Waals surface area contributed by atoms with Gasteiger partial charge in [0.25, 0.3) is 5.56 Å². The molecular weight excluding hydrogens is 332 g/mol. The third-order valence-corrected chi connectivity index (χ3v) is 6.24. The van der Waals surface area contributed by atoms with E-state index in [1.54, 1.807) is 11.3 Å². The van der Waals surface area contributed by atoms with E-state index >= 15 is 0 Å². The van der Waals surface area contributed by atoms with Crippen molar-refractivity contribution in [3.05, 3.63) is 26.6 Å². The number of hydrogen-bond donors (Lipinski definition) is 1. The van der Waals surface area contributed by atoms with Gasteiger partial charge in [-0.25, -0.2) is 9.67 Å². The van der Waals surface area contributed by atoms with Crippen LogP contribution < -0.4 is 5.56 Å². The van der Waals surface area contributed by atoms with E-state index in [4.69, 9.17) is 0 Å². The molecule has 3 heterocycles. The molecule has 0 aliphatic heterocycles. The van der Waals surface area contributed by atoms with E-state index in [2.05, 4.69) is 25.5 Å². The summed E-state index contributed by atoms with van der Waals surface area (Å²) in [5, 5.41) is 13.4. The second kappa shape index (κ2) is 5.41. The van der Waals surface area contributed by atoms with Crippen LogP contribution >= 0.6 is 23.1 Å². The van der Waals surface area contributed by atoms with Crippen LogP contribution in [0.4, 0.5) is 0 Å². The van der Waals surface area contributed by atoms with Crippen molar-refractivity contribution in [2.24, 2.45) is 0 Å². The predicted octanol–water partition coefficient (Wildman–Crippen LogP) is 2.78. The molecule has 3 aromatic heterocycles. The van der Waals surface area contributed by atoms with E-state index in [0.29, 0.717) is 17.3 Å². The highest BCUT2D eigenvalue weighted by Gasteiger charge is 2.29. The summed E-state index contributed by atoms with van der Waals surface area (Å²) in [6.45, 7) is 5.99. The van der Waals surface area contributed by atoms with Crippen LogP contribution in [0.2, 0.25) is 0 Å². The Bertz CT molecular complexity index is 939. The summed E-state index contributed by atoms with van der Waals surface area (Å²) in [6, 6.07) is 0.428. The average Bonchev–Trinajstić information content (AvgIpc) is 3.18. The zero-order valence-electron chi connectivity index (χ0n) is 13.0. The molecule has 1 N–H and O–H groups in total. The summed E-state index contributed by atoms with van der Waals surface area (Å²) >= 11 is 3.09. The summed E-state index contributed by atoms with van der Waals surface area (Å²) in [7, 11) is 0.